The van der Waals surface area contributed by atoms with E-state index in [0.717, 1.165) is 11.3 Å². The van der Waals surface area contributed by atoms with Gasteiger partial charge in [0, 0.05) is 16.8 Å². The molecule has 1 aromatic carbocycles. The maximum atomic E-state index is 12.3. The Bertz CT molecular complexity index is 836. The minimum absolute atomic E-state index is 0.281. The third-order valence-electron chi connectivity index (χ3n) is 3.33. The number of H-pyrrole nitrogens is 1. The third kappa shape index (κ3) is 2.76. The molecule has 0 bridgehead atoms. The number of benzene rings is 1. The van der Waals surface area contributed by atoms with Crippen molar-refractivity contribution in [2.45, 2.75) is 13.8 Å². The Labute approximate surface area is 132 Å². The van der Waals surface area contributed by atoms with Gasteiger partial charge in [0.25, 0.3) is 5.91 Å². The van der Waals surface area contributed by atoms with E-state index in [-0.39, 0.29) is 11.6 Å². The molecule has 112 valence electrons. The van der Waals surface area contributed by atoms with E-state index in [1.165, 1.54) is 0 Å². The van der Waals surface area contributed by atoms with Crippen LogP contribution in [0.3, 0.4) is 0 Å². The first-order valence-corrected chi connectivity index (χ1v) is 7.11. The Hall–Kier alpha value is -2.53. The Kier molecular flexibility index (Phi) is 3.73. The van der Waals surface area contributed by atoms with Gasteiger partial charge in [-0.25, -0.2) is 0 Å². The number of aromatic nitrogens is 2. The lowest BCUT2D eigenvalue weighted by molar-refractivity contribution is 0.102. The summed E-state index contributed by atoms with van der Waals surface area (Å²) in [5.41, 5.74) is 2.41. The molecule has 22 heavy (non-hydrogen) atoms. The fourth-order valence-corrected chi connectivity index (χ4v) is 2.25. The van der Waals surface area contributed by atoms with Crippen LogP contribution in [0.1, 0.15) is 21.8 Å². The molecule has 0 aliphatic carbocycles. The third-order valence-corrected chi connectivity index (χ3v) is 3.74. The first kappa shape index (κ1) is 14.4. The lowest BCUT2D eigenvalue weighted by atomic mass is 10.2. The molecule has 1 amide bonds. The summed E-state index contributed by atoms with van der Waals surface area (Å²) in [6.07, 6.45) is 0. The molecule has 0 aliphatic rings. The summed E-state index contributed by atoms with van der Waals surface area (Å²) in [6, 6.07) is 10.7. The van der Waals surface area contributed by atoms with E-state index >= 15 is 0 Å². The molecule has 0 spiro atoms. The molecule has 3 aromatic rings. The van der Waals surface area contributed by atoms with E-state index in [4.69, 9.17) is 16.0 Å². The van der Waals surface area contributed by atoms with Gasteiger partial charge in [0.1, 0.15) is 11.5 Å². The number of carbonyl (C=O) groups is 1. The van der Waals surface area contributed by atoms with Crippen LogP contribution in [-0.2, 0) is 0 Å². The standard InChI is InChI=1S/C16H14ClN3O2/c1-9-6-7-15(22-9)13-8-14(20-19-13)16(21)18-12-5-3-4-11(17)10(12)2/h3-8H,1-2H3,(H,18,21)(H,19,20). The van der Waals surface area contributed by atoms with Crippen molar-refractivity contribution in [3.63, 3.8) is 0 Å². The predicted molar refractivity (Wildman–Crippen MR) is 85.2 cm³/mol. The maximum Gasteiger partial charge on any atom is 0.276 e. The number of aromatic amines is 1. The highest BCUT2D eigenvalue weighted by molar-refractivity contribution is 6.31. The Morgan fingerprint density at radius 3 is 2.82 bits per heavy atom. The number of halogens is 1. The predicted octanol–water partition coefficient (Wildman–Crippen LogP) is 4.19. The summed E-state index contributed by atoms with van der Waals surface area (Å²) in [7, 11) is 0. The molecular weight excluding hydrogens is 302 g/mol. The van der Waals surface area contributed by atoms with Gasteiger partial charge in [0.15, 0.2) is 11.5 Å². The normalized spacial score (nSPS) is 10.7. The van der Waals surface area contributed by atoms with Crippen LogP contribution in [0.5, 0.6) is 0 Å². The lowest BCUT2D eigenvalue weighted by Gasteiger charge is -2.07. The number of furan rings is 1. The molecule has 2 N–H and O–H groups in total. The Balaban J connectivity index is 1.81. The highest BCUT2D eigenvalue weighted by Crippen LogP contribution is 2.24. The van der Waals surface area contributed by atoms with Crippen molar-refractivity contribution in [1.29, 1.82) is 0 Å². The summed E-state index contributed by atoms with van der Waals surface area (Å²) >= 11 is 6.04. The van der Waals surface area contributed by atoms with Crippen LogP contribution in [-0.4, -0.2) is 16.1 Å². The van der Waals surface area contributed by atoms with E-state index in [2.05, 4.69) is 15.5 Å². The van der Waals surface area contributed by atoms with Crippen LogP contribution in [0.2, 0.25) is 5.02 Å². The second kappa shape index (κ2) is 5.69. The number of aryl methyl sites for hydroxylation is 1. The van der Waals surface area contributed by atoms with Crippen LogP contribution in [0, 0.1) is 13.8 Å². The number of nitrogens with one attached hydrogen (secondary N) is 2. The fourth-order valence-electron chi connectivity index (χ4n) is 2.07. The van der Waals surface area contributed by atoms with Crippen LogP contribution in [0.25, 0.3) is 11.5 Å². The molecule has 0 unspecified atom stereocenters. The minimum Gasteiger partial charge on any atom is -0.460 e. The van der Waals surface area contributed by atoms with Gasteiger partial charge in [0.2, 0.25) is 0 Å². The molecule has 5 nitrogen and oxygen atoms in total. The Morgan fingerprint density at radius 1 is 1.27 bits per heavy atom. The second-order valence-electron chi connectivity index (χ2n) is 4.94. The first-order valence-electron chi connectivity index (χ1n) is 6.73. The fraction of sp³-hybridized carbons (Fsp3) is 0.125. The minimum atomic E-state index is -0.309. The van der Waals surface area contributed by atoms with Crippen LogP contribution < -0.4 is 5.32 Å². The molecule has 0 aliphatic heterocycles. The van der Waals surface area contributed by atoms with Gasteiger partial charge < -0.3 is 9.73 Å². The van der Waals surface area contributed by atoms with Crippen LogP contribution in [0.4, 0.5) is 5.69 Å². The number of rotatable bonds is 3. The van der Waals surface area contributed by atoms with Gasteiger partial charge >= 0.3 is 0 Å². The monoisotopic (exact) mass is 315 g/mol. The van der Waals surface area contributed by atoms with E-state index in [1.54, 1.807) is 24.3 Å². The first-order chi connectivity index (χ1) is 10.5. The summed E-state index contributed by atoms with van der Waals surface area (Å²) in [5.74, 6) is 1.13. The zero-order valence-corrected chi connectivity index (χ0v) is 12.9. The molecule has 2 heterocycles. The molecule has 6 heteroatoms. The molecule has 0 saturated heterocycles. The number of amides is 1. The van der Waals surface area contributed by atoms with Crippen molar-refractivity contribution >= 4 is 23.2 Å². The molecule has 0 fully saturated rings. The summed E-state index contributed by atoms with van der Waals surface area (Å²) in [5, 5.41) is 10.2. The number of anilines is 1. The quantitative estimate of drug-likeness (QED) is 0.761. The molecule has 3 rings (SSSR count). The number of nitrogens with zero attached hydrogens (tertiary/aromatic N) is 1. The topological polar surface area (TPSA) is 70.9 Å². The summed E-state index contributed by atoms with van der Waals surface area (Å²) < 4.78 is 5.50. The zero-order chi connectivity index (χ0) is 15.7. The van der Waals surface area contributed by atoms with Crippen molar-refractivity contribution in [2.24, 2.45) is 0 Å². The molecule has 0 atom stereocenters. The van der Waals surface area contributed by atoms with Gasteiger partial charge in [0.05, 0.1) is 0 Å². The van der Waals surface area contributed by atoms with Crippen LogP contribution >= 0.6 is 11.6 Å². The maximum absolute atomic E-state index is 12.3. The van der Waals surface area contributed by atoms with Gasteiger partial charge in [-0.15, -0.1) is 0 Å². The number of carbonyl (C=O) groups excluding carboxylic acids is 1. The largest absolute Gasteiger partial charge is 0.460 e. The SMILES string of the molecule is Cc1ccc(-c2cc(C(=O)Nc3cccc(Cl)c3C)n[nH]2)o1. The van der Waals surface area contributed by atoms with Crippen molar-refractivity contribution < 1.29 is 9.21 Å². The zero-order valence-electron chi connectivity index (χ0n) is 12.1. The highest BCUT2D eigenvalue weighted by atomic mass is 35.5. The van der Waals surface area contributed by atoms with Crippen molar-refractivity contribution in [3.05, 3.63) is 58.4 Å². The smallest absolute Gasteiger partial charge is 0.276 e. The number of hydrogen-bond donors (Lipinski definition) is 2. The molecule has 2 aromatic heterocycles. The van der Waals surface area contributed by atoms with Gasteiger partial charge in [-0.3, -0.25) is 9.89 Å². The van der Waals surface area contributed by atoms with Crippen molar-refractivity contribution in [2.75, 3.05) is 5.32 Å². The second-order valence-corrected chi connectivity index (χ2v) is 5.35. The summed E-state index contributed by atoms with van der Waals surface area (Å²) in [4.78, 5) is 12.3. The highest BCUT2D eigenvalue weighted by Gasteiger charge is 2.14. The molecular formula is C16H14ClN3O2. The van der Waals surface area contributed by atoms with Gasteiger partial charge in [-0.05, 0) is 43.7 Å². The summed E-state index contributed by atoms with van der Waals surface area (Å²) in [6.45, 7) is 3.70. The van der Waals surface area contributed by atoms with Crippen molar-refractivity contribution in [3.8, 4) is 11.5 Å². The number of hydrogen-bond acceptors (Lipinski definition) is 3. The lowest BCUT2D eigenvalue weighted by Crippen LogP contribution is -2.13. The van der Waals surface area contributed by atoms with E-state index in [1.807, 2.05) is 26.0 Å². The van der Waals surface area contributed by atoms with Crippen molar-refractivity contribution in [1.82, 2.24) is 10.2 Å². The van der Waals surface area contributed by atoms with E-state index < -0.39 is 0 Å². The average molecular weight is 316 g/mol. The van der Waals surface area contributed by atoms with E-state index in [0.29, 0.717) is 22.2 Å². The van der Waals surface area contributed by atoms with Gasteiger partial charge in [-0.1, -0.05) is 17.7 Å². The average Bonchev–Trinajstić information content (AvgIpc) is 3.12. The van der Waals surface area contributed by atoms with Gasteiger partial charge in [-0.2, -0.15) is 5.10 Å². The van der Waals surface area contributed by atoms with Crippen LogP contribution in [0.15, 0.2) is 40.8 Å². The molecule has 0 saturated carbocycles. The molecule has 0 radical (unpaired) electrons. The Morgan fingerprint density at radius 2 is 2.09 bits per heavy atom. The van der Waals surface area contributed by atoms with E-state index in [9.17, 15) is 4.79 Å².